The van der Waals surface area contributed by atoms with Crippen molar-refractivity contribution in [3.8, 4) is 0 Å². The van der Waals surface area contributed by atoms with Crippen molar-refractivity contribution in [1.29, 1.82) is 0 Å². The van der Waals surface area contributed by atoms with E-state index in [9.17, 15) is 9.18 Å². The van der Waals surface area contributed by atoms with Crippen LogP contribution in [0.2, 0.25) is 5.02 Å². The number of hydrogen-bond acceptors (Lipinski definition) is 4. The molecule has 0 spiro atoms. The molecule has 1 aromatic heterocycles. The van der Waals surface area contributed by atoms with E-state index in [1.807, 2.05) is 23.6 Å². The molecule has 1 saturated heterocycles. The second-order valence-electron chi connectivity index (χ2n) is 7.34. The van der Waals surface area contributed by atoms with E-state index in [1.54, 1.807) is 13.0 Å². The highest BCUT2D eigenvalue weighted by Crippen LogP contribution is 2.30. The van der Waals surface area contributed by atoms with E-state index in [-0.39, 0.29) is 23.8 Å². The molecule has 0 aliphatic carbocycles. The van der Waals surface area contributed by atoms with Crippen LogP contribution in [0.1, 0.15) is 40.7 Å². The summed E-state index contributed by atoms with van der Waals surface area (Å²) < 4.78 is 28.4. The van der Waals surface area contributed by atoms with Gasteiger partial charge in [-0.2, -0.15) is 0 Å². The van der Waals surface area contributed by atoms with Gasteiger partial charge in [-0.1, -0.05) is 33.6 Å². The Morgan fingerprint density at radius 2 is 2.17 bits per heavy atom. The molecule has 0 radical (unpaired) electrons. The first kappa shape index (κ1) is 21.3. The fourth-order valence-electron chi connectivity index (χ4n) is 3.56. The van der Waals surface area contributed by atoms with Crippen molar-refractivity contribution in [2.45, 2.75) is 39.3 Å². The minimum Gasteiger partial charge on any atom is -0.462 e. The van der Waals surface area contributed by atoms with E-state index in [4.69, 9.17) is 21.1 Å². The average Bonchev–Trinajstić information content (AvgIpc) is 3.00. The number of nitrogens with zero attached hydrogens (tertiary/aromatic N) is 2. The highest BCUT2D eigenvalue weighted by Gasteiger charge is 2.24. The van der Waals surface area contributed by atoms with E-state index in [1.165, 1.54) is 6.07 Å². The van der Waals surface area contributed by atoms with Crippen LogP contribution in [0.15, 0.2) is 28.7 Å². The van der Waals surface area contributed by atoms with Crippen molar-refractivity contribution in [2.75, 3.05) is 13.2 Å². The second-order valence-corrected chi connectivity index (χ2v) is 8.60. The monoisotopic (exact) mass is 494 g/mol. The van der Waals surface area contributed by atoms with Crippen molar-refractivity contribution < 1.29 is 18.7 Å². The molecule has 0 amide bonds. The number of esters is 1. The van der Waals surface area contributed by atoms with Crippen LogP contribution in [0.5, 0.6) is 0 Å². The van der Waals surface area contributed by atoms with E-state index in [0.717, 1.165) is 22.0 Å². The summed E-state index contributed by atoms with van der Waals surface area (Å²) in [4.78, 5) is 16.8. The zero-order chi connectivity index (χ0) is 21.4. The molecule has 5 nitrogen and oxygen atoms in total. The first-order chi connectivity index (χ1) is 14.4. The number of rotatable bonds is 6. The summed E-state index contributed by atoms with van der Waals surface area (Å²) in [6, 6.07) is 6.67. The molecule has 0 unspecified atom stereocenters. The van der Waals surface area contributed by atoms with Crippen molar-refractivity contribution >= 4 is 44.5 Å². The lowest BCUT2D eigenvalue weighted by Gasteiger charge is -2.27. The normalized spacial score (nSPS) is 16.0. The molecule has 30 heavy (non-hydrogen) atoms. The van der Waals surface area contributed by atoms with Gasteiger partial charge in [-0.25, -0.2) is 14.2 Å². The standard InChI is InChI=1S/C22H21BrClFN2O3/c1-3-29-22(28)14-7-18(25)21-19(8-14)27(11-15-4-5-30-15)20(26-21)9-13-6-12(2)16(23)10-17(13)24/h6-8,10,15H,3-5,9,11H2,1-2H3/t15-/m0/s1. The highest BCUT2D eigenvalue weighted by molar-refractivity contribution is 9.10. The van der Waals surface area contributed by atoms with Crippen LogP contribution in [0, 0.1) is 12.7 Å². The van der Waals surface area contributed by atoms with Gasteiger partial charge in [0.2, 0.25) is 0 Å². The lowest BCUT2D eigenvalue weighted by molar-refractivity contribution is -0.0589. The number of aryl methyl sites for hydroxylation is 1. The summed E-state index contributed by atoms with van der Waals surface area (Å²) in [7, 11) is 0. The highest BCUT2D eigenvalue weighted by atomic mass is 79.9. The third-order valence-electron chi connectivity index (χ3n) is 5.25. The van der Waals surface area contributed by atoms with Crippen molar-refractivity contribution in [1.82, 2.24) is 9.55 Å². The van der Waals surface area contributed by atoms with Gasteiger partial charge < -0.3 is 14.0 Å². The molecule has 0 bridgehead atoms. The molecule has 0 N–H and O–H groups in total. The van der Waals surface area contributed by atoms with Gasteiger partial charge >= 0.3 is 5.97 Å². The van der Waals surface area contributed by atoms with Gasteiger partial charge in [0.1, 0.15) is 11.3 Å². The number of fused-ring (bicyclic) bond motifs is 1. The number of benzene rings is 2. The number of imidazole rings is 1. The molecule has 2 heterocycles. The Bertz CT molecular complexity index is 1130. The molecular weight excluding hydrogens is 475 g/mol. The Balaban J connectivity index is 1.81. The molecule has 2 aromatic carbocycles. The zero-order valence-electron chi connectivity index (χ0n) is 16.7. The molecule has 1 atom stereocenters. The Kier molecular flexibility index (Phi) is 6.14. The molecule has 158 valence electrons. The van der Waals surface area contributed by atoms with Gasteiger partial charge in [0.25, 0.3) is 0 Å². The van der Waals surface area contributed by atoms with Crippen molar-refractivity contribution in [3.63, 3.8) is 0 Å². The Morgan fingerprint density at radius 1 is 1.40 bits per heavy atom. The van der Waals surface area contributed by atoms with Gasteiger partial charge in [0.15, 0.2) is 5.82 Å². The summed E-state index contributed by atoms with van der Waals surface area (Å²) in [6.45, 7) is 5.17. The fourth-order valence-corrected chi connectivity index (χ4v) is 4.26. The van der Waals surface area contributed by atoms with Crippen LogP contribution in [0.3, 0.4) is 0 Å². The smallest absolute Gasteiger partial charge is 0.338 e. The minimum absolute atomic E-state index is 0.0394. The number of ether oxygens (including phenoxy) is 2. The average molecular weight is 496 g/mol. The van der Waals surface area contributed by atoms with Crippen molar-refractivity contribution in [3.05, 3.63) is 62.1 Å². The predicted molar refractivity (Wildman–Crippen MR) is 117 cm³/mol. The van der Waals surface area contributed by atoms with E-state index in [0.29, 0.717) is 35.9 Å². The topological polar surface area (TPSA) is 53.3 Å². The SMILES string of the molecule is CCOC(=O)c1cc(F)c2nc(Cc3cc(C)c(Br)cc3Cl)n(C[C@@H]3CCO3)c2c1. The van der Waals surface area contributed by atoms with E-state index in [2.05, 4.69) is 20.9 Å². The summed E-state index contributed by atoms with van der Waals surface area (Å²) in [5.41, 5.74) is 2.89. The molecule has 1 fully saturated rings. The molecule has 0 saturated carbocycles. The summed E-state index contributed by atoms with van der Waals surface area (Å²) in [6.07, 6.45) is 1.40. The fraction of sp³-hybridized carbons (Fsp3) is 0.364. The Morgan fingerprint density at radius 3 is 2.83 bits per heavy atom. The maximum Gasteiger partial charge on any atom is 0.338 e. The van der Waals surface area contributed by atoms with Crippen LogP contribution in [-0.2, 0) is 22.4 Å². The first-order valence-corrected chi connectivity index (χ1v) is 11.0. The maximum atomic E-state index is 14.9. The number of halogens is 3. The second kappa shape index (κ2) is 8.65. The van der Waals surface area contributed by atoms with Crippen molar-refractivity contribution in [2.24, 2.45) is 0 Å². The molecule has 3 aromatic rings. The van der Waals surface area contributed by atoms with Crippen LogP contribution < -0.4 is 0 Å². The summed E-state index contributed by atoms with van der Waals surface area (Å²) in [5, 5.41) is 0.610. The molecular formula is C22H21BrClFN2O3. The number of hydrogen-bond donors (Lipinski definition) is 0. The van der Waals surface area contributed by atoms with Crippen LogP contribution in [0.25, 0.3) is 11.0 Å². The first-order valence-electron chi connectivity index (χ1n) is 9.79. The number of aromatic nitrogens is 2. The molecule has 8 heteroatoms. The van der Waals surface area contributed by atoms with E-state index < -0.39 is 11.8 Å². The van der Waals surface area contributed by atoms with Gasteiger partial charge in [-0.05, 0) is 49.6 Å². The Hall–Kier alpha value is -1.96. The molecule has 1 aliphatic rings. The maximum absolute atomic E-state index is 14.9. The van der Waals surface area contributed by atoms with Gasteiger partial charge in [0, 0.05) is 22.5 Å². The predicted octanol–water partition coefficient (Wildman–Crippen LogP) is 5.46. The van der Waals surface area contributed by atoms with Gasteiger partial charge in [0.05, 0.1) is 30.3 Å². The molecule has 4 rings (SSSR count). The number of carbonyl (C=O) groups excluding carboxylic acids is 1. The zero-order valence-corrected chi connectivity index (χ0v) is 19.0. The van der Waals surface area contributed by atoms with Gasteiger partial charge in [-0.3, -0.25) is 0 Å². The Labute approximate surface area is 187 Å². The van der Waals surface area contributed by atoms with Crippen LogP contribution in [0.4, 0.5) is 4.39 Å². The molecule has 1 aliphatic heterocycles. The minimum atomic E-state index is -0.556. The summed E-state index contributed by atoms with van der Waals surface area (Å²) in [5.74, 6) is -0.439. The largest absolute Gasteiger partial charge is 0.462 e. The van der Waals surface area contributed by atoms with Crippen LogP contribution in [-0.4, -0.2) is 34.8 Å². The van der Waals surface area contributed by atoms with E-state index >= 15 is 0 Å². The lowest BCUT2D eigenvalue weighted by Crippen LogP contribution is -2.31. The van der Waals surface area contributed by atoms with Crippen LogP contribution >= 0.6 is 27.5 Å². The third kappa shape index (κ3) is 4.11. The third-order valence-corrected chi connectivity index (χ3v) is 6.46. The quantitative estimate of drug-likeness (QED) is 0.426. The summed E-state index contributed by atoms with van der Waals surface area (Å²) >= 11 is 9.94. The number of carbonyl (C=O) groups is 1. The lowest BCUT2D eigenvalue weighted by atomic mass is 10.1. The van der Waals surface area contributed by atoms with Gasteiger partial charge in [-0.15, -0.1) is 0 Å².